The van der Waals surface area contributed by atoms with Crippen molar-refractivity contribution in [3.8, 4) is 6.07 Å². The lowest BCUT2D eigenvalue weighted by Gasteiger charge is -2.09. The summed E-state index contributed by atoms with van der Waals surface area (Å²) in [5, 5.41) is 14.4. The Hall–Kier alpha value is -2.91. The van der Waals surface area contributed by atoms with E-state index >= 15 is 0 Å². The van der Waals surface area contributed by atoms with E-state index in [4.69, 9.17) is 21.9 Å². The van der Waals surface area contributed by atoms with Gasteiger partial charge in [0.15, 0.2) is 5.11 Å². The second-order valence-electron chi connectivity index (χ2n) is 4.38. The lowest BCUT2D eigenvalue weighted by molar-refractivity contribution is -0.115. The van der Waals surface area contributed by atoms with Crippen molar-refractivity contribution < 1.29 is 9.21 Å². The molecular weight excluding hydrogens is 298 g/mol. The molecule has 0 atom stereocenters. The van der Waals surface area contributed by atoms with Crippen LogP contribution in [0.5, 0.6) is 0 Å². The van der Waals surface area contributed by atoms with Gasteiger partial charge >= 0.3 is 0 Å². The zero-order valence-corrected chi connectivity index (χ0v) is 12.6. The molecule has 5 nitrogen and oxygen atoms in total. The molecule has 0 fully saturated rings. The molecule has 0 aliphatic heterocycles. The number of hydrogen-bond donors (Lipinski definition) is 2. The number of aryl methyl sites for hydroxylation is 1. The third kappa shape index (κ3) is 4.30. The van der Waals surface area contributed by atoms with Crippen molar-refractivity contribution in [2.75, 3.05) is 5.32 Å². The zero-order valence-electron chi connectivity index (χ0n) is 11.8. The molecule has 0 unspecified atom stereocenters. The first kappa shape index (κ1) is 15.5. The van der Waals surface area contributed by atoms with Crippen LogP contribution < -0.4 is 10.6 Å². The highest BCUT2D eigenvalue weighted by Crippen LogP contribution is 2.13. The SMILES string of the molecule is Cc1ccc(C=CC(=O)NC(=S)Nc2ccccc2C#N)o1. The number of benzene rings is 1. The fraction of sp³-hybridized carbons (Fsp3) is 0.0625. The summed E-state index contributed by atoms with van der Waals surface area (Å²) in [6.07, 6.45) is 2.87. The average molecular weight is 311 g/mol. The van der Waals surface area contributed by atoms with Gasteiger partial charge in [0.2, 0.25) is 5.91 Å². The van der Waals surface area contributed by atoms with Crippen molar-refractivity contribution in [3.05, 3.63) is 59.6 Å². The number of amides is 1. The molecule has 1 heterocycles. The van der Waals surface area contributed by atoms with Gasteiger partial charge in [0.05, 0.1) is 11.3 Å². The Balaban J connectivity index is 1.93. The number of nitriles is 1. The summed E-state index contributed by atoms with van der Waals surface area (Å²) in [6.45, 7) is 1.82. The molecule has 1 aromatic heterocycles. The fourth-order valence-electron chi connectivity index (χ4n) is 1.70. The Morgan fingerprint density at radius 1 is 1.32 bits per heavy atom. The molecule has 0 bridgehead atoms. The van der Waals surface area contributed by atoms with Gasteiger partial charge in [0, 0.05) is 6.08 Å². The van der Waals surface area contributed by atoms with Crippen LogP contribution in [0.2, 0.25) is 0 Å². The van der Waals surface area contributed by atoms with Gasteiger partial charge in [-0.25, -0.2) is 0 Å². The molecule has 0 aliphatic carbocycles. The van der Waals surface area contributed by atoms with Crippen molar-refractivity contribution >= 4 is 35.0 Å². The van der Waals surface area contributed by atoms with Crippen molar-refractivity contribution in [2.24, 2.45) is 0 Å². The van der Waals surface area contributed by atoms with Gasteiger partial charge in [-0.05, 0) is 49.5 Å². The van der Waals surface area contributed by atoms with Gasteiger partial charge in [-0.3, -0.25) is 10.1 Å². The summed E-state index contributed by atoms with van der Waals surface area (Å²) in [4.78, 5) is 11.7. The summed E-state index contributed by atoms with van der Waals surface area (Å²) >= 11 is 5.05. The number of carbonyl (C=O) groups excluding carboxylic acids is 1. The first-order valence-corrected chi connectivity index (χ1v) is 6.85. The molecule has 1 aromatic carbocycles. The number of hydrogen-bond acceptors (Lipinski definition) is 4. The van der Waals surface area contributed by atoms with E-state index in [9.17, 15) is 4.79 Å². The quantitative estimate of drug-likeness (QED) is 0.673. The Morgan fingerprint density at radius 2 is 2.09 bits per heavy atom. The maximum atomic E-state index is 11.7. The lowest BCUT2D eigenvalue weighted by atomic mass is 10.2. The fourth-order valence-corrected chi connectivity index (χ4v) is 1.91. The van der Waals surface area contributed by atoms with Crippen LogP contribution in [0.1, 0.15) is 17.1 Å². The lowest BCUT2D eigenvalue weighted by Crippen LogP contribution is -2.33. The highest BCUT2D eigenvalue weighted by atomic mass is 32.1. The van der Waals surface area contributed by atoms with Gasteiger partial charge in [0.25, 0.3) is 0 Å². The van der Waals surface area contributed by atoms with Crippen molar-refractivity contribution in [1.29, 1.82) is 5.26 Å². The van der Waals surface area contributed by atoms with Gasteiger partial charge in [-0.2, -0.15) is 5.26 Å². The summed E-state index contributed by atoms with van der Waals surface area (Å²) in [5.74, 6) is 0.965. The first-order valence-electron chi connectivity index (χ1n) is 6.44. The smallest absolute Gasteiger partial charge is 0.250 e. The Bertz CT molecular complexity index is 772. The standard InChI is InChI=1S/C16H13N3O2S/c1-11-6-7-13(21-11)8-9-15(20)19-16(22)18-14-5-3-2-4-12(14)10-17/h2-9H,1H3,(H2,18,19,20,22). The second kappa shape index (κ2) is 7.20. The van der Waals surface area contributed by atoms with Crippen LogP contribution in [0.25, 0.3) is 6.08 Å². The van der Waals surface area contributed by atoms with E-state index in [1.54, 1.807) is 36.4 Å². The first-order chi connectivity index (χ1) is 10.6. The number of furan rings is 1. The highest BCUT2D eigenvalue weighted by molar-refractivity contribution is 7.80. The van der Waals surface area contributed by atoms with Crippen molar-refractivity contribution in [1.82, 2.24) is 5.32 Å². The Labute approximate surface area is 133 Å². The number of rotatable bonds is 3. The van der Waals surface area contributed by atoms with Gasteiger partial charge in [-0.1, -0.05) is 12.1 Å². The third-order valence-corrected chi connectivity index (χ3v) is 2.90. The number of anilines is 1. The molecule has 0 saturated heterocycles. The van der Waals surface area contributed by atoms with Crippen LogP contribution in [0.4, 0.5) is 5.69 Å². The van der Waals surface area contributed by atoms with E-state index in [1.165, 1.54) is 6.08 Å². The van der Waals surface area contributed by atoms with E-state index < -0.39 is 0 Å². The molecule has 1 amide bonds. The Kier molecular flexibility index (Phi) is 5.07. The minimum absolute atomic E-state index is 0.118. The van der Waals surface area contributed by atoms with Crippen LogP contribution in [0, 0.1) is 18.3 Å². The van der Waals surface area contributed by atoms with Crippen molar-refractivity contribution in [3.63, 3.8) is 0 Å². The Morgan fingerprint density at radius 3 is 2.77 bits per heavy atom. The number of para-hydroxylation sites is 1. The zero-order chi connectivity index (χ0) is 15.9. The number of nitrogens with zero attached hydrogens (tertiary/aromatic N) is 1. The summed E-state index contributed by atoms with van der Waals surface area (Å²) < 4.78 is 5.31. The predicted molar refractivity (Wildman–Crippen MR) is 88.0 cm³/mol. The van der Waals surface area contributed by atoms with Gasteiger partial charge < -0.3 is 9.73 Å². The highest BCUT2D eigenvalue weighted by Gasteiger charge is 2.05. The monoisotopic (exact) mass is 311 g/mol. The van der Waals surface area contributed by atoms with Gasteiger partial charge in [0.1, 0.15) is 17.6 Å². The molecule has 2 aromatic rings. The minimum atomic E-state index is -0.388. The average Bonchev–Trinajstić information content (AvgIpc) is 2.91. The number of carbonyl (C=O) groups is 1. The number of thiocarbonyl (C=S) groups is 1. The summed E-state index contributed by atoms with van der Waals surface area (Å²) in [5.41, 5.74) is 0.988. The maximum Gasteiger partial charge on any atom is 0.250 e. The summed E-state index contributed by atoms with van der Waals surface area (Å²) in [7, 11) is 0. The van der Waals surface area contributed by atoms with Crippen LogP contribution in [-0.2, 0) is 4.79 Å². The van der Waals surface area contributed by atoms with E-state index in [-0.39, 0.29) is 11.0 Å². The molecule has 0 radical (unpaired) electrons. The molecule has 22 heavy (non-hydrogen) atoms. The third-order valence-electron chi connectivity index (χ3n) is 2.69. The van der Waals surface area contributed by atoms with Crippen LogP contribution >= 0.6 is 12.2 Å². The van der Waals surface area contributed by atoms with Gasteiger partial charge in [-0.15, -0.1) is 0 Å². The number of nitrogens with one attached hydrogen (secondary N) is 2. The van der Waals surface area contributed by atoms with E-state index in [1.807, 2.05) is 19.1 Å². The van der Waals surface area contributed by atoms with E-state index in [0.717, 1.165) is 5.76 Å². The molecule has 2 rings (SSSR count). The molecular formula is C16H13N3O2S. The molecule has 0 saturated carbocycles. The molecule has 0 spiro atoms. The van der Waals surface area contributed by atoms with Crippen LogP contribution in [0.3, 0.4) is 0 Å². The topological polar surface area (TPSA) is 78.1 Å². The van der Waals surface area contributed by atoms with Crippen LogP contribution in [0.15, 0.2) is 46.9 Å². The maximum absolute atomic E-state index is 11.7. The predicted octanol–water partition coefficient (Wildman–Crippen LogP) is 2.99. The van der Waals surface area contributed by atoms with E-state index in [2.05, 4.69) is 10.6 Å². The molecule has 2 N–H and O–H groups in total. The summed E-state index contributed by atoms with van der Waals surface area (Å²) in [6, 6.07) is 12.5. The van der Waals surface area contributed by atoms with Crippen LogP contribution in [-0.4, -0.2) is 11.0 Å². The minimum Gasteiger partial charge on any atom is -0.462 e. The normalized spacial score (nSPS) is 10.2. The molecule has 0 aliphatic rings. The second-order valence-corrected chi connectivity index (χ2v) is 4.79. The van der Waals surface area contributed by atoms with Crippen molar-refractivity contribution in [2.45, 2.75) is 6.92 Å². The largest absolute Gasteiger partial charge is 0.462 e. The molecule has 110 valence electrons. The molecule has 6 heteroatoms. The van der Waals surface area contributed by atoms with E-state index in [0.29, 0.717) is 17.0 Å².